The van der Waals surface area contributed by atoms with Crippen molar-refractivity contribution < 1.29 is 9.90 Å². The minimum Gasteiger partial charge on any atom is -0.394 e. The summed E-state index contributed by atoms with van der Waals surface area (Å²) in [5.41, 5.74) is 0.311. The minimum atomic E-state index is -0.421. The first-order valence-electron chi connectivity index (χ1n) is 9.19. The van der Waals surface area contributed by atoms with Crippen LogP contribution < -0.4 is 5.32 Å². The predicted octanol–water partition coefficient (Wildman–Crippen LogP) is 3.26. The van der Waals surface area contributed by atoms with Gasteiger partial charge >= 0.3 is 6.03 Å². The topological polar surface area (TPSA) is 70.4 Å². The van der Waals surface area contributed by atoms with E-state index in [-0.39, 0.29) is 12.6 Å². The largest absolute Gasteiger partial charge is 0.394 e. The number of aromatic nitrogens is 2. The number of urea groups is 1. The number of carbonyl (C=O) groups excluding carboxylic acids is 1. The number of hydrogen-bond donors (Lipinski definition) is 2. The van der Waals surface area contributed by atoms with Gasteiger partial charge in [0, 0.05) is 12.7 Å². The molecule has 1 aromatic rings. The van der Waals surface area contributed by atoms with Crippen molar-refractivity contribution in [3.8, 4) is 0 Å². The fraction of sp³-hybridized carbons (Fsp3) is 0.778. The van der Waals surface area contributed by atoms with Gasteiger partial charge in [0.2, 0.25) is 0 Å². The van der Waals surface area contributed by atoms with Crippen molar-refractivity contribution in [2.45, 2.75) is 64.5 Å². The van der Waals surface area contributed by atoms with Gasteiger partial charge in [-0.15, -0.1) is 0 Å². The van der Waals surface area contributed by atoms with Crippen LogP contribution in [0.2, 0.25) is 0 Å². The second-order valence-electron chi connectivity index (χ2n) is 7.95. The molecule has 1 aliphatic heterocycles. The summed E-state index contributed by atoms with van der Waals surface area (Å²) in [5.74, 6) is 1.16. The van der Waals surface area contributed by atoms with E-state index < -0.39 is 5.54 Å². The molecule has 0 radical (unpaired) electrons. The molecule has 1 aliphatic carbocycles. The Hall–Kier alpha value is -1.56. The molecule has 134 valence electrons. The Morgan fingerprint density at radius 2 is 2.21 bits per heavy atom. The van der Waals surface area contributed by atoms with Crippen molar-refractivity contribution in [2.75, 3.05) is 18.5 Å². The lowest BCUT2D eigenvalue weighted by Crippen LogP contribution is -2.52. The standard InChI is InChI=1S/C18H30N4O2/c1-13(2)9-18(12-23)7-4-8-21(18)17(24)20-16-10-19-22(11-16)14(3)15-5-6-15/h10-11,13-15,23H,4-9,12H2,1-3H3,(H,20,24)/t14-,18+/m0/s1. The quantitative estimate of drug-likeness (QED) is 0.839. The summed E-state index contributed by atoms with van der Waals surface area (Å²) < 4.78 is 1.95. The van der Waals surface area contributed by atoms with E-state index in [0.29, 0.717) is 18.5 Å². The molecule has 6 heteroatoms. The maximum absolute atomic E-state index is 12.8. The van der Waals surface area contributed by atoms with E-state index in [9.17, 15) is 9.90 Å². The number of aliphatic hydroxyl groups is 1. The number of nitrogens with one attached hydrogen (secondary N) is 1. The molecule has 1 saturated heterocycles. The summed E-state index contributed by atoms with van der Waals surface area (Å²) >= 11 is 0. The van der Waals surface area contributed by atoms with Gasteiger partial charge in [-0.3, -0.25) is 4.68 Å². The lowest BCUT2D eigenvalue weighted by Gasteiger charge is -2.38. The van der Waals surface area contributed by atoms with E-state index in [2.05, 4.69) is 31.2 Å². The van der Waals surface area contributed by atoms with Crippen LogP contribution in [0, 0.1) is 11.8 Å². The molecule has 0 aromatic carbocycles. The van der Waals surface area contributed by atoms with E-state index in [1.807, 2.05) is 15.8 Å². The number of carbonyl (C=O) groups is 1. The Morgan fingerprint density at radius 3 is 2.83 bits per heavy atom. The third-order valence-electron chi connectivity index (χ3n) is 5.50. The highest BCUT2D eigenvalue weighted by atomic mass is 16.3. The Kier molecular flexibility index (Phi) is 4.85. The van der Waals surface area contributed by atoms with Gasteiger partial charge in [-0.2, -0.15) is 5.10 Å². The van der Waals surface area contributed by atoms with E-state index >= 15 is 0 Å². The summed E-state index contributed by atoms with van der Waals surface area (Å²) in [4.78, 5) is 14.6. The van der Waals surface area contributed by atoms with Crippen LogP contribution in [-0.4, -0.2) is 44.5 Å². The molecule has 0 spiro atoms. The number of rotatable bonds is 6. The second kappa shape index (κ2) is 6.75. The lowest BCUT2D eigenvalue weighted by molar-refractivity contribution is 0.0728. The predicted molar refractivity (Wildman–Crippen MR) is 93.9 cm³/mol. The van der Waals surface area contributed by atoms with Crippen LogP contribution in [0.3, 0.4) is 0 Å². The van der Waals surface area contributed by atoms with Crippen LogP contribution in [-0.2, 0) is 0 Å². The van der Waals surface area contributed by atoms with E-state index in [1.165, 1.54) is 12.8 Å². The third kappa shape index (κ3) is 3.43. The van der Waals surface area contributed by atoms with Crippen LogP contribution >= 0.6 is 0 Å². The van der Waals surface area contributed by atoms with Crippen LogP contribution in [0.15, 0.2) is 12.4 Å². The van der Waals surface area contributed by atoms with Crippen molar-refractivity contribution in [1.29, 1.82) is 0 Å². The molecule has 0 bridgehead atoms. The fourth-order valence-electron chi connectivity index (χ4n) is 4.07. The summed E-state index contributed by atoms with van der Waals surface area (Å²) in [6, 6.07) is 0.265. The second-order valence-corrected chi connectivity index (χ2v) is 7.95. The maximum Gasteiger partial charge on any atom is 0.322 e. The van der Waals surface area contributed by atoms with Gasteiger partial charge in [0.15, 0.2) is 0 Å². The molecule has 24 heavy (non-hydrogen) atoms. The molecular formula is C18H30N4O2. The number of anilines is 1. The Labute approximate surface area is 144 Å². The zero-order chi connectivity index (χ0) is 17.3. The minimum absolute atomic E-state index is 0.0244. The van der Waals surface area contributed by atoms with Crippen molar-refractivity contribution in [3.05, 3.63) is 12.4 Å². The highest BCUT2D eigenvalue weighted by molar-refractivity contribution is 5.89. The zero-order valence-corrected chi connectivity index (χ0v) is 15.0. The first-order chi connectivity index (χ1) is 11.4. The number of hydrogen-bond acceptors (Lipinski definition) is 3. The van der Waals surface area contributed by atoms with E-state index in [1.54, 1.807) is 6.20 Å². The molecule has 1 aromatic heterocycles. The Balaban J connectivity index is 1.67. The molecule has 2 amide bonds. The third-order valence-corrected chi connectivity index (χ3v) is 5.50. The lowest BCUT2D eigenvalue weighted by atomic mass is 9.87. The van der Waals surface area contributed by atoms with Gasteiger partial charge in [-0.25, -0.2) is 4.79 Å². The number of aliphatic hydroxyl groups excluding tert-OH is 1. The Morgan fingerprint density at radius 1 is 1.46 bits per heavy atom. The summed E-state index contributed by atoms with van der Waals surface area (Å²) in [6.45, 7) is 7.17. The van der Waals surface area contributed by atoms with E-state index in [4.69, 9.17) is 0 Å². The van der Waals surface area contributed by atoms with Crippen molar-refractivity contribution in [3.63, 3.8) is 0 Å². The van der Waals surface area contributed by atoms with Crippen molar-refractivity contribution >= 4 is 11.7 Å². The molecule has 3 rings (SSSR count). The van der Waals surface area contributed by atoms with Crippen LogP contribution in [0.25, 0.3) is 0 Å². The fourth-order valence-corrected chi connectivity index (χ4v) is 4.07. The van der Waals surface area contributed by atoms with Gasteiger partial charge in [0.1, 0.15) is 0 Å². The van der Waals surface area contributed by atoms with Gasteiger partial charge < -0.3 is 15.3 Å². The maximum atomic E-state index is 12.8. The Bertz CT molecular complexity index is 581. The monoisotopic (exact) mass is 334 g/mol. The van der Waals surface area contributed by atoms with E-state index in [0.717, 1.165) is 30.9 Å². The molecular weight excluding hydrogens is 304 g/mol. The van der Waals surface area contributed by atoms with Crippen LogP contribution in [0.1, 0.15) is 58.9 Å². The summed E-state index contributed by atoms with van der Waals surface area (Å²) in [6.07, 6.45) is 8.81. The summed E-state index contributed by atoms with van der Waals surface area (Å²) in [5, 5.41) is 17.3. The van der Waals surface area contributed by atoms with Gasteiger partial charge in [0.25, 0.3) is 0 Å². The van der Waals surface area contributed by atoms with Crippen molar-refractivity contribution in [2.24, 2.45) is 11.8 Å². The molecule has 2 atom stereocenters. The SMILES string of the molecule is CC(C)C[C@@]1(CO)CCCN1C(=O)Nc1cnn([C@@H](C)C2CC2)c1. The van der Waals surface area contributed by atoms with Crippen molar-refractivity contribution in [1.82, 2.24) is 14.7 Å². The molecule has 1 saturated carbocycles. The van der Waals surface area contributed by atoms with Gasteiger partial charge in [0.05, 0.1) is 30.1 Å². The highest BCUT2D eigenvalue weighted by Crippen LogP contribution is 2.39. The molecule has 2 fully saturated rings. The first-order valence-corrected chi connectivity index (χ1v) is 9.19. The smallest absolute Gasteiger partial charge is 0.322 e. The normalized spacial score (nSPS) is 25.3. The first kappa shape index (κ1) is 17.3. The molecule has 0 unspecified atom stereocenters. The van der Waals surface area contributed by atoms with Crippen LogP contribution in [0.4, 0.5) is 10.5 Å². The molecule has 2 heterocycles. The number of likely N-dealkylation sites (tertiary alicyclic amines) is 1. The average molecular weight is 334 g/mol. The number of amides is 2. The van der Waals surface area contributed by atoms with Gasteiger partial charge in [-0.1, -0.05) is 13.8 Å². The van der Waals surface area contributed by atoms with Crippen LogP contribution in [0.5, 0.6) is 0 Å². The highest BCUT2D eigenvalue weighted by Gasteiger charge is 2.43. The average Bonchev–Trinajstić information content (AvgIpc) is 3.15. The zero-order valence-electron chi connectivity index (χ0n) is 15.0. The summed E-state index contributed by atoms with van der Waals surface area (Å²) in [7, 11) is 0. The molecule has 2 N–H and O–H groups in total. The number of nitrogens with zero attached hydrogens (tertiary/aromatic N) is 3. The van der Waals surface area contributed by atoms with Gasteiger partial charge in [-0.05, 0) is 50.9 Å². The molecule has 2 aliphatic rings. The molecule has 6 nitrogen and oxygen atoms in total.